The molecule has 2 bridgehead atoms. The van der Waals surface area contributed by atoms with Gasteiger partial charge in [0.25, 0.3) is 0 Å². The number of fused-ring (bicyclic) bond motifs is 2. The van der Waals surface area contributed by atoms with Crippen LogP contribution < -0.4 is 5.73 Å². The van der Waals surface area contributed by atoms with Crippen LogP contribution in [0.2, 0.25) is 0 Å². The van der Waals surface area contributed by atoms with Crippen molar-refractivity contribution in [1.29, 1.82) is 0 Å². The molecule has 1 saturated carbocycles. The van der Waals surface area contributed by atoms with Crippen molar-refractivity contribution in [3.8, 4) is 0 Å². The molecule has 3 aliphatic rings. The molecular weight excluding hydrogens is 835 g/mol. The Labute approximate surface area is 376 Å². The number of rotatable bonds is 3. The van der Waals surface area contributed by atoms with Crippen molar-refractivity contribution in [2.75, 3.05) is 0 Å². The van der Waals surface area contributed by atoms with Crippen LogP contribution in [-0.2, 0) is 23.8 Å². The van der Waals surface area contributed by atoms with E-state index in [-0.39, 0.29) is 50.9 Å². The molecule has 0 unspecified atom stereocenters. The van der Waals surface area contributed by atoms with Crippen LogP contribution in [0.3, 0.4) is 0 Å². The first-order valence-electron chi connectivity index (χ1n) is 22.5. The Hall–Kier alpha value is -3.14. The number of hydrogen-bond donors (Lipinski definition) is 12. The zero-order valence-corrected chi connectivity index (χ0v) is 37.3. The van der Waals surface area contributed by atoms with E-state index in [1.165, 1.54) is 0 Å². The zero-order chi connectivity index (χ0) is 47.6. The highest BCUT2D eigenvalue weighted by Crippen LogP contribution is 2.43. The lowest BCUT2D eigenvalue weighted by Crippen LogP contribution is -2.61. The fourth-order valence-corrected chi connectivity index (χ4v) is 8.55. The number of aliphatic carboxylic acids is 1. The van der Waals surface area contributed by atoms with E-state index in [2.05, 4.69) is 0 Å². The molecule has 2 heterocycles. The van der Waals surface area contributed by atoms with E-state index >= 15 is 0 Å². The summed E-state index contributed by atoms with van der Waals surface area (Å²) in [7, 11) is 0. The maximum atomic E-state index is 12.5. The molecule has 0 aromatic rings. The first-order valence-corrected chi connectivity index (χ1v) is 22.5. The van der Waals surface area contributed by atoms with E-state index in [0.29, 0.717) is 0 Å². The lowest BCUT2D eigenvalue weighted by atomic mass is 9.66. The van der Waals surface area contributed by atoms with Crippen molar-refractivity contribution in [2.24, 2.45) is 23.5 Å². The smallest absolute Gasteiger partial charge is 0.309 e. The summed E-state index contributed by atoms with van der Waals surface area (Å²) in [5.41, 5.74) is 4.19. The number of ether oxygens (including phenoxy) is 3. The summed E-state index contributed by atoms with van der Waals surface area (Å²) in [6, 6.07) is -1.11. The number of allylic oxidation sites excluding steroid dienone is 10. The molecule has 364 valence electrons. The van der Waals surface area contributed by atoms with Gasteiger partial charge in [-0.15, -0.1) is 0 Å². The molecule has 18 atom stereocenters. The summed E-state index contributed by atoms with van der Waals surface area (Å²) in [4.78, 5) is 25.0. The minimum Gasteiger partial charge on any atom is -0.481 e. The fourth-order valence-electron chi connectivity index (χ4n) is 8.55. The minimum atomic E-state index is -1.85. The average molecular weight is 910 g/mol. The highest BCUT2D eigenvalue weighted by molar-refractivity contribution is 5.71. The summed E-state index contributed by atoms with van der Waals surface area (Å²) >= 11 is 0. The Morgan fingerprint density at radius 2 is 1.28 bits per heavy atom. The average Bonchev–Trinajstić information content (AvgIpc) is 3.19. The van der Waals surface area contributed by atoms with Crippen molar-refractivity contribution < 1.29 is 80.0 Å². The van der Waals surface area contributed by atoms with E-state index in [1.54, 1.807) is 44.2 Å². The second-order valence-electron chi connectivity index (χ2n) is 18.0. The highest BCUT2D eigenvalue weighted by Gasteiger charge is 2.50. The van der Waals surface area contributed by atoms with Gasteiger partial charge < -0.3 is 76.1 Å². The minimum absolute atomic E-state index is 0.0946. The number of cyclic esters (lactones) is 1. The number of carboxylic acids is 1. The van der Waals surface area contributed by atoms with Gasteiger partial charge >= 0.3 is 11.9 Å². The van der Waals surface area contributed by atoms with Crippen LogP contribution in [0.1, 0.15) is 97.8 Å². The summed E-state index contributed by atoms with van der Waals surface area (Å²) in [5.74, 6) is -4.59. The van der Waals surface area contributed by atoms with Crippen LogP contribution >= 0.6 is 0 Å². The topological polar surface area (TPSA) is 310 Å². The van der Waals surface area contributed by atoms with Gasteiger partial charge in [0.15, 0.2) is 6.29 Å². The quantitative estimate of drug-likeness (QED) is 0.178. The lowest BCUT2D eigenvalue weighted by Gasteiger charge is -2.45. The molecule has 0 amide bonds. The third-order valence-corrected chi connectivity index (χ3v) is 12.2. The van der Waals surface area contributed by atoms with Crippen LogP contribution in [0.25, 0.3) is 0 Å². The van der Waals surface area contributed by atoms with E-state index in [1.807, 2.05) is 49.5 Å². The zero-order valence-electron chi connectivity index (χ0n) is 37.3. The maximum Gasteiger partial charge on any atom is 0.309 e. The SMILES string of the molecule is C[C@H]1C[C@H](O)[C@@H](C)C=CC=CCCC=CC=CC=CC=C[C@H](O[C@@H]2O[C@H](C)[C@@H](O)[C@H](N)[C@@H]2O)C[C@H]2C[C@](O)(C[C@@H](O)[C@H](O)CC[C@@H](O)C[C@@H](O)C[C@@H](O)CC(=O)O1)C[C@H](O)[C@H]2C(=O)O. The normalized spacial score (nSPS) is 41.6. The first-order chi connectivity index (χ1) is 30.2. The second-order valence-corrected chi connectivity index (χ2v) is 18.0. The third-order valence-electron chi connectivity index (χ3n) is 12.2. The van der Waals surface area contributed by atoms with E-state index in [9.17, 15) is 65.8 Å². The number of aliphatic hydroxyl groups excluding tert-OH is 9. The number of nitrogens with two attached hydrogens (primary N) is 1. The Balaban J connectivity index is 1.82. The molecule has 17 nitrogen and oxygen atoms in total. The molecule has 0 aromatic carbocycles. The molecule has 3 rings (SSSR count). The third kappa shape index (κ3) is 19.0. The number of carbonyl (C=O) groups excluding carboxylic acids is 1. The van der Waals surface area contributed by atoms with Crippen molar-refractivity contribution >= 4 is 11.9 Å². The van der Waals surface area contributed by atoms with Crippen LogP contribution in [0.4, 0.5) is 0 Å². The number of esters is 1. The Morgan fingerprint density at radius 3 is 1.95 bits per heavy atom. The second kappa shape index (κ2) is 27.5. The standard InChI is InChI=1S/C47H75NO16/c1-28-16-14-12-10-8-6-4-5-7-9-11-13-15-17-35(64-46-44(58)42(48)43(57)30(3)63-46)21-31-25-47(61,27-39(55)41(31)45(59)60)26-38(54)36(52)19-18-32(49)22-33(50)23-34(51)24-40(56)62-29(2)20-37(28)53/h4-5,7,9-17,28-39,41-44,46,49-55,57-58,61H,6,8,18-27,48H2,1-3H3,(H,59,60)/t28-,29-,30+,31-,32+,33+,34+,35-,36+,37-,38+,39-,41-,42-,43+,44-,46-,47-/m0/s1. The van der Waals surface area contributed by atoms with Gasteiger partial charge in [0.2, 0.25) is 0 Å². The number of carboxylic acid groups (broad SMARTS) is 1. The number of hydrogen-bond acceptors (Lipinski definition) is 16. The molecule has 2 aliphatic heterocycles. The summed E-state index contributed by atoms with van der Waals surface area (Å²) in [5, 5.41) is 118. The van der Waals surface area contributed by atoms with Gasteiger partial charge in [0, 0.05) is 25.2 Å². The molecule has 0 radical (unpaired) electrons. The maximum absolute atomic E-state index is 12.5. The number of aliphatic hydroxyl groups is 10. The lowest BCUT2D eigenvalue weighted by molar-refractivity contribution is -0.277. The molecular formula is C47H75NO16. The predicted molar refractivity (Wildman–Crippen MR) is 236 cm³/mol. The molecule has 17 heteroatoms. The molecule has 1 saturated heterocycles. The molecule has 0 aromatic heterocycles. The van der Waals surface area contributed by atoms with Crippen molar-refractivity contribution in [3.05, 3.63) is 72.9 Å². The van der Waals surface area contributed by atoms with Crippen LogP contribution in [-0.4, -0.2) is 159 Å². The largest absolute Gasteiger partial charge is 0.481 e. The predicted octanol–water partition coefficient (Wildman–Crippen LogP) is 1.35. The van der Waals surface area contributed by atoms with Gasteiger partial charge in [-0.2, -0.15) is 0 Å². The van der Waals surface area contributed by atoms with Gasteiger partial charge in [-0.05, 0) is 71.1 Å². The van der Waals surface area contributed by atoms with Gasteiger partial charge in [-0.3, -0.25) is 9.59 Å². The Bertz CT molecular complexity index is 1580. The molecule has 1 aliphatic carbocycles. The molecule has 13 N–H and O–H groups in total. The molecule has 2 fully saturated rings. The Kier molecular flexibility index (Phi) is 23.7. The van der Waals surface area contributed by atoms with Gasteiger partial charge in [-0.1, -0.05) is 79.8 Å². The Morgan fingerprint density at radius 1 is 0.688 bits per heavy atom. The summed E-state index contributed by atoms with van der Waals surface area (Å²) < 4.78 is 17.2. The fraction of sp³-hybridized carbons (Fsp3) is 0.702. The van der Waals surface area contributed by atoms with Gasteiger partial charge in [0.1, 0.15) is 12.2 Å². The van der Waals surface area contributed by atoms with E-state index in [0.717, 1.165) is 12.8 Å². The van der Waals surface area contributed by atoms with Crippen LogP contribution in [0.5, 0.6) is 0 Å². The first kappa shape index (κ1) is 55.2. The molecule has 64 heavy (non-hydrogen) atoms. The molecule has 0 spiro atoms. The van der Waals surface area contributed by atoms with Crippen LogP contribution in [0.15, 0.2) is 72.9 Å². The van der Waals surface area contributed by atoms with Crippen molar-refractivity contribution in [1.82, 2.24) is 0 Å². The van der Waals surface area contributed by atoms with Gasteiger partial charge in [0.05, 0.1) is 85.0 Å². The van der Waals surface area contributed by atoms with Crippen molar-refractivity contribution in [2.45, 2.75) is 189 Å². The summed E-state index contributed by atoms with van der Waals surface area (Å²) in [6.45, 7) is 5.03. The number of carbonyl (C=O) groups is 2. The van der Waals surface area contributed by atoms with Crippen LogP contribution in [0, 0.1) is 17.8 Å². The highest BCUT2D eigenvalue weighted by atomic mass is 16.7. The monoisotopic (exact) mass is 910 g/mol. The van der Waals surface area contributed by atoms with Crippen molar-refractivity contribution in [3.63, 3.8) is 0 Å². The van der Waals surface area contributed by atoms with E-state index in [4.69, 9.17) is 19.9 Å². The van der Waals surface area contributed by atoms with E-state index < -0.39 is 134 Å². The van der Waals surface area contributed by atoms with Gasteiger partial charge in [-0.25, -0.2) is 0 Å². The summed E-state index contributed by atoms with van der Waals surface area (Å²) in [6.07, 6.45) is 5.61.